The second-order valence-electron chi connectivity index (χ2n) is 4.51. The van der Waals surface area contributed by atoms with Crippen LogP contribution in [0.2, 0.25) is 0 Å². The fraction of sp³-hybridized carbons (Fsp3) is 0.500. The summed E-state index contributed by atoms with van der Waals surface area (Å²) in [4.78, 5) is 0. The molecule has 0 aliphatic rings. The maximum atomic E-state index is 9.26. The van der Waals surface area contributed by atoms with Crippen molar-refractivity contribution >= 4 is 0 Å². The Hall–Kier alpha value is -0.820. The lowest BCUT2D eigenvalue weighted by molar-refractivity contribution is 0.277. The van der Waals surface area contributed by atoms with Crippen LogP contribution >= 0.6 is 0 Å². The topological polar surface area (TPSA) is 20.2 Å². The fourth-order valence-corrected chi connectivity index (χ4v) is 1.61. The molecule has 0 radical (unpaired) electrons. The molecule has 1 rings (SSSR count). The summed E-state index contributed by atoms with van der Waals surface area (Å²) in [6, 6.07) is 6.19. The van der Waals surface area contributed by atoms with Crippen molar-refractivity contribution in [2.24, 2.45) is 0 Å². The zero-order valence-corrected chi connectivity index (χ0v) is 8.89. The molecule has 0 fully saturated rings. The third-order valence-electron chi connectivity index (χ3n) is 2.38. The molecule has 0 saturated carbocycles. The molecule has 0 atom stereocenters. The maximum Gasteiger partial charge on any atom is 0.0687 e. The molecule has 0 aromatic heterocycles. The van der Waals surface area contributed by atoms with Gasteiger partial charge >= 0.3 is 0 Å². The van der Waals surface area contributed by atoms with E-state index in [-0.39, 0.29) is 12.0 Å². The summed E-state index contributed by atoms with van der Waals surface area (Å²) in [6.45, 7) is 8.68. The SMILES string of the molecule is Cc1cccc(C(C)(C)C)c1CO. The van der Waals surface area contributed by atoms with Crippen LogP contribution in [0.3, 0.4) is 0 Å². The van der Waals surface area contributed by atoms with Gasteiger partial charge in [0.15, 0.2) is 0 Å². The molecule has 1 aromatic rings. The van der Waals surface area contributed by atoms with Crippen molar-refractivity contribution in [3.05, 3.63) is 34.9 Å². The van der Waals surface area contributed by atoms with E-state index in [0.717, 1.165) is 5.56 Å². The minimum absolute atomic E-state index is 0.115. The molecular weight excluding hydrogens is 160 g/mol. The second-order valence-corrected chi connectivity index (χ2v) is 4.51. The Morgan fingerprint density at radius 3 is 2.23 bits per heavy atom. The Bertz CT molecular complexity index is 294. The van der Waals surface area contributed by atoms with Gasteiger partial charge in [0.05, 0.1) is 6.61 Å². The predicted molar refractivity (Wildman–Crippen MR) is 55.8 cm³/mol. The zero-order chi connectivity index (χ0) is 10.1. The van der Waals surface area contributed by atoms with Gasteiger partial charge in [0, 0.05) is 0 Å². The lowest BCUT2D eigenvalue weighted by atomic mass is 9.82. The number of rotatable bonds is 1. The van der Waals surface area contributed by atoms with Crippen LogP contribution in [0.15, 0.2) is 18.2 Å². The van der Waals surface area contributed by atoms with Gasteiger partial charge in [0.2, 0.25) is 0 Å². The van der Waals surface area contributed by atoms with E-state index in [1.807, 2.05) is 13.0 Å². The smallest absolute Gasteiger partial charge is 0.0687 e. The summed E-state index contributed by atoms with van der Waals surface area (Å²) in [7, 11) is 0. The lowest BCUT2D eigenvalue weighted by Gasteiger charge is -2.23. The molecule has 72 valence electrons. The molecule has 0 aliphatic carbocycles. The van der Waals surface area contributed by atoms with Crippen LogP contribution in [0.4, 0.5) is 0 Å². The molecule has 0 aliphatic heterocycles. The van der Waals surface area contributed by atoms with Crippen molar-refractivity contribution in [2.75, 3.05) is 0 Å². The molecular formula is C12H18O. The molecule has 0 amide bonds. The first-order valence-corrected chi connectivity index (χ1v) is 4.66. The highest BCUT2D eigenvalue weighted by atomic mass is 16.3. The van der Waals surface area contributed by atoms with Gasteiger partial charge in [-0.1, -0.05) is 39.0 Å². The van der Waals surface area contributed by atoms with E-state index >= 15 is 0 Å². The fourth-order valence-electron chi connectivity index (χ4n) is 1.61. The number of benzene rings is 1. The van der Waals surface area contributed by atoms with Gasteiger partial charge in [-0.25, -0.2) is 0 Å². The van der Waals surface area contributed by atoms with Gasteiger partial charge in [-0.15, -0.1) is 0 Å². The van der Waals surface area contributed by atoms with Crippen LogP contribution < -0.4 is 0 Å². The van der Waals surface area contributed by atoms with Crippen LogP contribution in [0.5, 0.6) is 0 Å². The van der Waals surface area contributed by atoms with E-state index in [2.05, 4.69) is 32.9 Å². The van der Waals surface area contributed by atoms with E-state index in [1.165, 1.54) is 11.1 Å². The largest absolute Gasteiger partial charge is 0.392 e. The summed E-state index contributed by atoms with van der Waals surface area (Å²) in [6.07, 6.45) is 0. The zero-order valence-electron chi connectivity index (χ0n) is 8.89. The van der Waals surface area contributed by atoms with Crippen molar-refractivity contribution in [3.8, 4) is 0 Å². The highest BCUT2D eigenvalue weighted by Crippen LogP contribution is 2.27. The van der Waals surface area contributed by atoms with Gasteiger partial charge in [0.1, 0.15) is 0 Å². The number of hydrogen-bond donors (Lipinski definition) is 1. The lowest BCUT2D eigenvalue weighted by Crippen LogP contribution is -2.15. The third kappa shape index (κ3) is 2.10. The third-order valence-corrected chi connectivity index (χ3v) is 2.38. The van der Waals surface area contributed by atoms with E-state index in [1.54, 1.807) is 0 Å². The predicted octanol–water partition coefficient (Wildman–Crippen LogP) is 2.78. The molecule has 0 saturated heterocycles. The van der Waals surface area contributed by atoms with Gasteiger partial charge < -0.3 is 5.11 Å². The molecule has 1 heteroatoms. The summed E-state index contributed by atoms with van der Waals surface area (Å²) >= 11 is 0. The molecule has 0 unspecified atom stereocenters. The van der Waals surface area contributed by atoms with Crippen molar-refractivity contribution in [1.29, 1.82) is 0 Å². The van der Waals surface area contributed by atoms with E-state index in [0.29, 0.717) is 0 Å². The second kappa shape index (κ2) is 3.51. The molecule has 1 aromatic carbocycles. The number of hydrogen-bond acceptors (Lipinski definition) is 1. The van der Waals surface area contributed by atoms with Crippen molar-refractivity contribution in [3.63, 3.8) is 0 Å². The Labute approximate surface area is 80.4 Å². The van der Waals surface area contributed by atoms with Crippen molar-refractivity contribution < 1.29 is 5.11 Å². The monoisotopic (exact) mass is 178 g/mol. The minimum atomic E-state index is 0.115. The van der Waals surface area contributed by atoms with E-state index in [4.69, 9.17) is 0 Å². The van der Waals surface area contributed by atoms with Gasteiger partial charge in [-0.05, 0) is 29.0 Å². The maximum absolute atomic E-state index is 9.26. The standard InChI is InChI=1S/C12H18O/c1-9-6-5-7-11(10(9)8-13)12(2,3)4/h5-7,13H,8H2,1-4H3. The average molecular weight is 178 g/mol. The van der Waals surface area contributed by atoms with Crippen molar-refractivity contribution in [1.82, 2.24) is 0 Å². The van der Waals surface area contributed by atoms with Crippen LogP contribution in [0.1, 0.15) is 37.5 Å². The summed E-state index contributed by atoms with van der Waals surface area (Å²) in [5, 5.41) is 9.26. The Morgan fingerprint density at radius 2 is 1.85 bits per heavy atom. The summed E-state index contributed by atoms with van der Waals surface area (Å²) in [5.74, 6) is 0. The number of aliphatic hydroxyl groups is 1. The number of aliphatic hydroxyl groups excluding tert-OH is 1. The van der Waals surface area contributed by atoms with Crippen LogP contribution in [-0.4, -0.2) is 5.11 Å². The first kappa shape index (κ1) is 10.3. The van der Waals surface area contributed by atoms with Crippen molar-refractivity contribution in [2.45, 2.75) is 39.7 Å². The molecule has 0 heterocycles. The molecule has 1 nitrogen and oxygen atoms in total. The van der Waals surface area contributed by atoms with Gasteiger partial charge in [0.25, 0.3) is 0 Å². The first-order chi connectivity index (χ1) is 5.96. The van der Waals surface area contributed by atoms with Crippen LogP contribution in [0.25, 0.3) is 0 Å². The van der Waals surface area contributed by atoms with Crippen LogP contribution in [0, 0.1) is 6.92 Å². The molecule has 0 spiro atoms. The quantitative estimate of drug-likeness (QED) is 0.701. The summed E-state index contributed by atoms with van der Waals surface area (Å²) < 4.78 is 0. The van der Waals surface area contributed by atoms with Gasteiger partial charge in [-0.2, -0.15) is 0 Å². The summed E-state index contributed by atoms with van der Waals surface area (Å²) in [5.41, 5.74) is 3.62. The normalized spacial score (nSPS) is 11.8. The van der Waals surface area contributed by atoms with Crippen LogP contribution in [-0.2, 0) is 12.0 Å². The number of aryl methyl sites for hydroxylation is 1. The first-order valence-electron chi connectivity index (χ1n) is 4.66. The molecule has 13 heavy (non-hydrogen) atoms. The van der Waals surface area contributed by atoms with Gasteiger partial charge in [-0.3, -0.25) is 0 Å². The van der Waals surface area contributed by atoms with E-state index in [9.17, 15) is 5.11 Å². The average Bonchev–Trinajstić information content (AvgIpc) is 2.02. The molecule has 0 bridgehead atoms. The Balaban J connectivity index is 3.29. The Morgan fingerprint density at radius 1 is 1.23 bits per heavy atom. The highest BCUT2D eigenvalue weighted by Gasteiger charge is 2.17. The van der Waals surface area contributed by atoms with E-state index < -0.39 is 0 Å². The highest BCUT2D eigenvalue weighted by molar-refractivity contribution is 5.38. The molecule has 1 N–H and O–H groups in total. The minimum Gasteiger partial charge on any atom is -0.392 e. The Kier molecular flexibility index (Phi) is 2.77.